The summed E-state index contributed by atoms with van der Waals surface area (Å²) in [7, 11) is 0. The van der Waals surface area contributed by atoms with Gasteiger partial charge in [-0.05, 0) is 19.3 Å². The summed E-state index contributed by atoms with van der Waals surface area (Å²) in [5.41, 5.74) is 0.543. The quantitative estimate of drug-likeness (QED) is 0.823. The van der Waals surface area contributed by atoms with Gasteiger partial charge in [-0.2, -0.15) is 0 Å². The zero-order valence-corrected chi connectivity index (χ0v) is 9.13. The van der Waals surface area contributed by atoms with E-state index in [-0.39, 0.29) is 12.7 Å². The Labute approximate surface area is 94.4 Å². The van der Waals surface area contributed by atoms with E-state index in [0.29, 0.717) is 18.2 Å². The van der Waals surface area contributed by atoms with E-state index >= 15 is 0 Å². The highest BCUT2D eigenvalue weighted by Crippen LogP contribution is 2.14. The van der Waals surface area contributed by atoms with Crippen LogP contribution < -0.4 is 4.74 Å². The molecule has 5 nitrogen and oxygen atoms in total. The Morgan fingerprint density at radius 2 is 2.31 bits per heavy atom. The highest BCUT2D eigenvalue weighted by atomic mass is 16.5. The highest BCUT2D eigenvalue weighted by molar-refractivity contribution is 5.06. The van der Waals surface area contributed by atoms with Gasteiger partial charge in [-0.15, -0.1) is 0 Å². The molecule has 1 aromatic heterocycles. The Balaban J connectivity index is 1.79. The van der Waals surface area contributed by atoms with Crippen molar-refractivity contribution < 1.29 is 14.6 Å². The van der Waals surface area contributed by atoms with Crippen molar-refractivity contribution in [1.82, 2.24) is 9.97 Å². The zero-order valence-electron chi connectivity index (χ0n) is 9.13. The lowest BCUT2D eigenvalue weighted by Crippen LogP contribution is -2.26. The predicted octanol–water partition coefficient (Wildman–Crippen LogP) is 0.917. The maximum Gasteiger partial charge on any atom is 0.232 e. The van der Waals surface area contributed by atoms with Crippen LogP contribution in [0.1, 0.15) is 25.0 Å². The Kier molecular flexibility index (Phi) is 4.07. The number of hydrogen-bond acceptors (Lipinski definition) is 5. The molecule has 1 unspecified atom stereocenters. The first kappa shape index (κ1) is 11.3. The van der Waals surface area contributed by atoms with Gasteiger partial charge in [0.25, 0.3) is 0 Å². The molecule has 1 atom stereocenters. The molecule has 2 heterocycles. The van der Waals surface area contributed by atoms with Crippen molar-refractivity contribution in [2.75, 3.05) is 13.2 Å². The molecular formula is C11H16N2O3. The van der Waals surface area contributed by atoms with Gasteiger partial charge < -0.3 is 14.6 Å². The Bertz CT molecular complexity index is 310. The van der Waals surface area contributed by atoms with E-state index in [1.807, 2.05) is 0 Å². The first-order chi connectivity index (χ1) is 7.88. The van der Waals surface area contributed by atoms with Crippen LogP contribution in [0.4, 0.5) is 0 Å². The molecule has 0 spiro atoms. The summed E-state index contributed by atoms with van der Waals surface area (Å²) < 4.78 is 11.0. The van der Waals surface area contributed by atoms with Crippen LogP contribution >= 0.6 is 0 Å². The maximum atomic E-state index is 8.80. The van der Waals surface area contributed by atoms with Crippen LogP contribution in [-0.4, -0.2) is 34.4 Å². The highest BCUT2D eigenvalue weighted by Gasteiger charge is 2.14. The normalized spacial score (nSPS) is 20.7. The van der Waals surface area contributed by atoms with Gasteiger partial charge in [-0.1, -0.05) is 0 Å². The average molecular weight is 224 g/mol. The molecule has 1 fully saturated rings. The summed E-state index contributed by atoms with van der Waals surface area (Å²) >= 11 is 0. The van der Waals surface area contributed by atoms with Crippen molar-refractivity contribution in [3.63, 3.8) is 0 Å². The second-order valence-corrected chi connectivity index (χ2v) is 3.80. The van der Waals surface area contributed by atoms with Crippen LogP contribution in [0.25, 0.3) is 0 Å². The van der Waals surface area contributed by atoms with Crippen LogP contribution in [0, 0.1) is 0 Å². The molecule has 1 aliphatic rings. The summed E-state index contributed by atoms with van der Waals surface area (Å²) in [5, 5.41) is 8.80. The van der Waals surface area contributed by atoms with Crippen molar-refractivity contribution in [3.8, 4) is 5.88 Å². The monoisotopic (exact) mass is 224 g/mol. The van der Waals surface area contributed by atoms with Gasteiger partial charge >= 0.3 is 0 Å². The molecule has 5 heteroatoms. The minimum absolute atomic E-state index is 0.0982. The van der Waals surface area contributed by atoms with Gasteiger partial charge in [-0.3, -0.25) is 4.98 Å². The lowest BCUT2D eigenvalue weighted by atomic mass is 10.1. The van der Waals surface area contributed by atoms with Crippen molar-refractivity contribution >= 4 is 0 Å². The number of ether oxygens (including phenoxy) is 2. The van der Waals surface area contributed by atoms with Crippen LogP contribution in [0.5, 0.6) is 5.88 Å². The Morgan fingerprint density at radius 3 is 2.94 bits per heavy atom. The first-order valence-corrected chi connectivity index (χ1v) is 5.54. The summed E-state index contributed by atoms with van der Waals surface area (Å²) in [6.07, 6.45) is 6.59. The third-order valence-corrected chi connectivity index (χ3v) is 2.53. The third-order valence-electron chi connectivity index (χ3n) is 2.53. The van der Waals surface area contributed by atoms with E-state index in [1.54, 1.807) is 0 Å². The number of nitrogens with zero attached hydrogens (tertiary/aromatic N) is 2. The standard InChI is InChI=1S/C11H16N2O3/c14-7-9-5-13-11(6-12-9)16-8-10-3-1-2-4-15-10/h5-6,10,14H,1-4,7-8H2. The average Bonchev–Trinajstić information content (AvgIpc) is 2.38. The van der Waals surface area contributed by atoms with Gasteiger partial charge in [-0.25, -0.2) is 4.98 Å². The molecule has 1 aliphatic heterocycles. The lowest BCUT2D eigenvalue weighted by Gasteiger charge is -2.22. The second-order valence-electron chi connectivity index (χ2n) is 3.80. The second kappa shape index (κ2) is 5.77. The van der Waals surface area contributed by atoms with E-state index in [9.17, 15) is 0 Å². The largest absolute Gasteiger partial charge is 0.474 e. The van der Waals surface area contributed by atoms with Crippen molar-refractivity contribution in [1.29, 1.82) is 0 Å². The summed E-state index contributed by atoms with van der Waals surface area (Å²) in [6, 6.07) is 0. The van der Waals surface area contributed by atoms with E-state index in [2.05, 4.69) is 9.97 Å². The molecule has 16 heavy (non-hydrogen) atoms. The molecule has 0 bridgehead atoms. The van der Waals surface area contributed by atoms with Gasteiger partial charge in [0.15, 0.2) is 0 Å². The molecule has 1 N–H and O–H groups in total. The Morgan fingerprint density at radius 1 is 1.38 bits per heavy atom. The maximum absolute atomic E-state index is 8.80. The van der Waals surface area contributed by atoms with Gasteiger partial charge in [0.05, 0.1) is 30.8 Å². The van der Waals surface area contributed by atoms with Gasteiger partial charge in [0.2, 0.25) is 5.88 Å². The fourth-order valence-corrected chi connectivity index (χ4v) is 1.62. The number of aliphatic hydroxyl groups excluding tert-OH is 1. The SMILES string of the molecule is OCc1cnc(OCC2CCCCO2)cn1. The van der Waals surface area contributed by atoms with Crippen LogP contribution in [0.15, 0.2) is 12.4 Å². The van der Waals surface area contributed by atoms with E-state index < -0.39 is 0 Å². The molecule has 1 aromatic rings. The molecular weight excluding hydrogens is 208 g/mol. The fourth-order valence-electron chi connectivity index (χ4n) is 1.62. The lowest BCUT2D eigenvalue weighted by molar-refractivity contribution is -0.0120. The topological polar surface area (TPSA) is 64.5 Å². The van der Waals surface area contributed by atoms with Crippen LogP contribution in [0.3, 0.4) is 0 Å². The Hall–Kier alpha value is -1.20. The smallest absolute Gasteiger partial charge is 0.232 e. The summed E-state index contributed by atoms with van der Waals surface area (Å²) in [5.74, 6) is 0.478. The van der Waals surface area contributed by atoms with Crippen molar-refractivity contribution in [2.45, 2.75) is 32.0 Å². The van der Waals surface area contributed by atoms with Gasteiger partial charge in [0, 0.05) is 6.61 Å². The fraction of sp³-hybridized carbons (Fsp3) is 0.636. The third kappa shape index (κ3) is 3.15. The molecule has 0 radical (unpaired) electrons. The number of hydrogen-bond donors (Lipinski definition) is 1. The predicted molar refractivity (Wildman–Crippen MR) is 57.0 cm³/mol. The van der Waals surface area contributed by atoms with Crippen LogP contribution in [-0.2, 0) is 11.3 Å². The van der Waals surface area contributed by atoms with E-state index in [1.165, 1.54) is 18.8 Å². The first-order valence-electron chi connectivity index (χ1n) is 5.54. The van der Waals surface area contributed by atoms with Crippen molar-refractivity contribution in [3.05, 3.63) is 18.1 Å². The van der Waals surface area contributed by atoms with Crippen molar-refractivity contribution in [2.24, 2.45) is 0 Å². The molecule has 0 aromatic carbocycles. The summed E-state index contributed by atoms with van der Waals surface area (Å²) in [4.78, 5) is 8.02. The molecule has 0 aliphatic carbocycles. The molecule has 2 rings (SSSR count). The van der Waals surface area contributed by atoms with E-state index in [0.717, 1.165) is 19.4 Å². The minimum Gasteiger partial charge on any atom is -0.474 e. The number of aromatic nitrogens is 2. The summed E-state index contributed by atoms with van der Waals surface area (Å²) in [6.45, 7) is 1.25. The van der Waals surface area contributed by atoms with E-state index in [4.69, 9.17) is 14.6 Å². The molecule has 0 amide bonds. The van der Waals surface area contributed by atoms with Gasteiger partial charge in [0.1, 0.15) is 6.61 Å². The molecule has 88 valence electrons. The zero-order chi connectivity index (χ0) is 11.2. The number of aliphatic hydroxyl groups is 1. The minimum atomic E-state index is -0.0982. The molecule has 1 saturated heterocycles. The van der Waals surface area contributed by atoms with Crippen LogP contribution in [0.2, 0.25) is 0 Å². The molecule has 0 saturated carbocycles. The number of rotatable bonds is 4.